The largest absolute Gasteiger partial charge is 0.465 e. The number of rotatable bonds is 3. The van der Waals surface area contributed by atoms with Crippen LogP contribution in [0.5, 0.6) is 0 Å². The number of esters is 1. The highest BCUT2D eigenvalue weighted by atomic mass is 32.2. The zero-order chi connectivity index (χ0) is 10.6. The van der Waals surface area contributed by atoms with Gasteiger partial charge in [0.2, 0.25) is 0 Å². The van der Waals surface area contributed by atoms with E-state index in [4.69, 9.17) is 0 Å². The van der Waals surface area contributed by atoms with Crippen LogP contribution in [0.2, 0.25) is 0 Å². The standard InChI is InChI=1S/C11H16O2S/c1-4-14(3)10-7-5-9(6-8-10)11(12)13-2/h5-8,14H,4H2,1-3H3. The van der Waals surface area contributed by atoms with Crippen LogP contribution in [0, 0.1) is 0 Å². The molecule has 0 saturated heterocycles. The molecule has 0 fully saturated rings. The molecular formula is C11H16O2S. The van der Waals surface area contributed by atoms with Gasteiger partial charge in [-0.2, -0.15) is 0 Å². The van der Waals surface area contributed by atoms with Gasteiger partial charge in [0.05, 0.1) is 12.7 Å². The topological polar surface area (TPSA) is 26.3 Å². The van der Waals surface area contributed by atoms with E-state index in [1.54, 1.807) is 0 Å². The summed E-state index contributed by atoms with van der Waals surface area (Å²) >= 11 is 0. The molecule has 0 heterocycles. The Hall–Kier alpha value is -0.960. The second-order valence-corrected chi connectivity index (χ2v) is 5.60. The first-order valence-corrected chi connectivity index (χ1v) is 6.56. The van der Waals surface area contributed by atoms with Crippen LogP contribution in [0.3, 0.4) is 0 Å². The third kappa shape index (κ3) is 2.51. The molecule has 14 heavy (non-hydrogen) atoms. The smallest absolute Gasteiger partial charge is 0.337 e. The molecule has 1 unspecified atom stereocenters. The van der Waals surface area contributed by atoms with Gasteiger partial charge in [-0.15, -0.1) is 0 Å². The van der Waals surface area contributed by atoms with E-state index in [-0.39, 0.29) is 16.9 Å². The third-order valence-corrected chi connectivity index (χ3v) is 4.33. The maximum atomic E-state index is 11.1. The number of ether oxygens (including phenoxy) is 1. The lowest BCUT2D eigenvalue weighted by Gasteiger charge is -2.13. The highest BCUT2D eigenvalue weighted by Gasteiger charge is 2.05. The Morgan fingerprint density at radius 1 is 1.36 bits per heavy atom. The van der Waals surface area contributed by atoms with Crippen LogP contribution in [0.1, 0.15) is 17.3 Å². The molecule has 0 spiro atoms. The third-order valence-electron chi connectivity index (χ3n) is 2.20. The van der Waals surface area contributed by atoms with Gasteiger partial charge in [-0.05, 0) is 41.2 Å². The summed E-state index contributed by atoms with van der Waals surface area (Å²) in [6.07, 6.45) is 2.24. The maximum absolute atomic E-state index is 11.1. The van der Waals surface area contributed by atoms with Crippen molar-refractivity contribution in [1.29, 1.82) is 0 Å². The molecule has 0 aliphatic heterocycles. The molecular weight excluding hydrogens is 196 g/mol. The summed E-state index contributed by atoms with van der Waals surface area (Å²) in [4.78, 5) is 12.5. The van der Waals surface area contributed by atoms with Gasteiger partial charge in [-0.1, -0.05) is 6.92 Å². The van der Waals surface area contributed by atoms with E-state index in [2.05, 4.69) is 17.9 Å². The van der Waals surface area contributed by atoms with Crippen molar-refractivity contribution in [2.75, 3.05) is 19.1 Å². The van der Waals surface area contributed by atoms with E-state index >= 15 is 0 Å². The molecule has 0 bridgehead atoms. The number of benzene rings is 1. The van der Waals surface area contributed by atoms with Crippen molar-refractivity contribution in [2.45, 2.75) is 11.8 Å². The highest BCUT2D eigenvalue weighted by molar-refractivity contribution is 8.16. The fraction of sp³-hybridized carbons (Fsp3) is 0.364. The van der Waals surface area contributed by atoms with Crippen LogP contribution < -0.4 is 0 Å². The van der Waals surface area contributed by atoms with Gasteiger partial charge in [0, 0.05) is 0 Å². The summed E-state index contributed by atoms with van der Waals surface area (Å²) < 4.78 is 4.63. The Morgan fingerprint density at radius 3 is 2.36 bits per heavy atom. The summed E-state index contributed by atoms with van der Waals surface area (Å²) in [6.45, 7) is 2.18. The van der Waals surface area contributed by atoms with Crippen molar-refractivity contribution in [1.82, 2.24) is 0 Å². The van der Waals surface area contributed by atoms with Gasteiger partial charge in [0.15, 0.2) is 0 Å². The van der Waals surface area contributed by atoms with Crippen LogP contribution in [0.4, 0.5) is 0 Å². The van der Waals surface area contributed by atoms with E-state index in [0.717, 1.165) is 0 Å². The predicted molar refractivity (Wildman–Crippen MR) is 61.5 cm³/mol. The average Bonchev–Trinajstić information content (AvgIpc) is 2.27. The lowest BCUT2D eigenvalue weighted by molar-refractivity contribution is 0.0600. The van der Waals surface area contributed by atoms with Crippen LogP contribution in [0.15, 0.2) is 29.2 Å². The number of hydrogen-bond acceptors (Lipinski definition) is 2. The summed E-state index contributed by atoms with van der Waals surface area (Å²) in [6, 6.07) is 7.69. The summed E-state index contributed by atoms with van der Waals surface area (Å²) in [5.41, 5.74) is 0.621. The van der Waals surface area contributed by atoms with Gasteiger partial charge < -0.3 is 4.74 Å². The Balaban J connectivity index is 2.83. The van der Waals surface area contributed by atoms with Crippen LogP contribution >= 0.6 is 10.9 Å². The van der Waals surface area contributed by atoms with Crippen molar-refractivity contribution in [3.05, 3.63) is 29.8 Å². The number of carbonyl (C=O) groups is 1. The van der Waals surface area contributed by atoms with Crippen molar-refractivity contribution < 1.29 is 9.53 Å². The molecule has 1 aromatic carbocycles. The molecule has 78 valence electrons. The first-order valence-electron chi connectivity index (χ1n) is 4.58. The quantitative estimate of drug-likeness (QED) is 0.615. The molecule has 0 amide bonds. The molecule has 1 atom stereocenters. The second-order valence-electron chi connectivity index (χ2n) is 3.05. The Morgan fingerprint density at radius 2 is 1.93 bits per heavy atom. The SMILES string of the molecule is CC[SH](C)c1ccc(C(=O)OC)cc1. The Labute approximate surface area is 87.6 Å². The number of methoxy groups -OCH3 is 1. The van der Waals surface area contributed by atoms with E-state index in [0.29, 0.717) is 5.56 Å². The maximum Gasteiger partial charge on any atom is 0.337 e. The summed E-state index contributed by atoms with van der Waals surface area (Å²) in [5.74, 6) is 0.904. The normalized spacial score (nSPS) is 13.5. The highest BCUT2D eigenvalue weighted by Crippen LogP contribution is 2.31. The predicted octanol–water partition coefficient (Wildman–Crippen LogP) is 2.48. The van der Waals surface area contributed by atoms with Crippen molar-refractivity contribution in [3.8, 4) is 0 Å². The van der Waals surface area contributed by atoms with Gasteiger partial charge in [-0.25, -0.2) is 15.7 Å². The zero-order valence-electron chi connectivity index (χ0n) is 8.78. The number of hydrogen-bond donors (Lipinski definition) is 1. The fourth-order valence-electron chi connectivity index (χ4n) is 1.15. The fourth-order valence-corrected chi connectivity index (χ4v) is 2.18. The Kier molecular flexibility index (Phi) is 4.01. The first kappa shape index (κ1) is 11.1. The van der Waals surface area contributed by atoms with Crippen molar-refractivity contribution in [3.63, 3.8) is 0 Å². The molecule has 3 heteroatoms. The van der Waals surface area contributed by atoms with Gasteiger partial charge in [-0.3, -0.25) is 0 Å². The minimum absolute atomic E-state index is 0.0615. The molecule has 0 aliphatic rings. The van der Waals surface area contributed by atoms with Gasteiger partial charge in [0.1, 0.15) is 0 Å². The minimum Gasteiger partial charge on any atom is -0.465 e. The lowest BCUT2D eigenvalue weighted by Crippen LogP contribution is -2.00. The molecule has 0 aliphatic carbocycles. The number of thiol groups is 1. The van der Waals surface area contributed by atoms with E-state index < -0.39 is 0 Å². The van der Waals surface area contributed by atoms with Crippen molar-refractivity contribution >= 4 is 16.9 Å². The molecule has 0 aromatic heterocycles. The molecule has 2 nitrogen and oxygen atoms in total. The first-order chi connectivity index (χ1) is 6.69. The van der Waals surface area contributed by atoms with Gasteiger partial charge in [0.25, 0.3) is 0 Å². The minimum atomic E-state index is -0.270. The molecule has 1 rings (SSSR count). The summed E-state index contributed by atoms with van der Waals surface area (Å²) in [7, 11) is 1.34. The molecule has 0 radical (unpaired) electrons. The second kappa shape index (κ2) is 5.05. The lowest BCUT2D eigenvalue weighted by atomic mass is 10.2. The van der Waals surface area contributed by atoms with Crippen LogP contribution in [-0.2, 0) is 4.74 Å². The average molecular weight is 212 g/mol. The molecule has 1 aromatic rings. The summed E-state index contributed by atoms with van der Waals surface area (Å²) in [5, 5.41) is 0. The monoisotopic (exact) mass is 212 g/mol. The van der Waals surface area contributed by atoms with E-state index in [1.807, 2.05) is 24.3 Å². The number of carbonyl (C=O) groups excluding carboxylic acids is 1. The Bertz CT molecular complexity index is 306. The van der Waals surface area contributed by atoms with E-state index in [9.17, 15) is 4.79 Å². The van der Waals surface area contributed by atoms with Gasteiger partial charge >= 0.3 is 5.97 Å². The van der Waals surface area contributed by atoms with Crippen molar-refractivity contribution in [2.24, 2.45) is 0 Å². The van der Waals surface area contributed by atoms with Crippen LogP contribution in [-0.4, -0.2) is 25.1 Å². The van der Waals surface area contributed by atoms with Crippen LogP contribution in [0.25, 0.3) is 0 Å². The van der Waals surface area contributed by atoms with E-state index in [1.165, 1.54) is 17.8 Å². The molecule has 0 saturated carbocycles. The molecule has 0 N–H and O–H groups in total. The zero-order valence-corrected chi connectivity index (χ0v) is 9.67.